The van der Waals surface area contributed by atoms with Crippen LogP contribution in [-0.4, -0.2) is 34.6 Å². The first-order valence-electron chi connectivity index (χ1n) is 6.74. The summed E-state index contributed by atoms with van der Waals surface area (Å²) >= 11 is 0. The highest BCUT2D eigenvalue weighted by Gasteiger charge is 2.20. The van der Waals surface area contributed by atoms with E-state index in [4.69, 9.17) is 9.52 Å². The Hall–Kier alpha value is -1.98. The van der Waals surface area contributed by atoms with Crippen molar-refractivity contribution >= 4 is 12.0 Å². The summed E-state index contributed by atoms with van der Waals surface area (Å²) in [5.41, 5.74) is 0. The van der Waals surface area contributed by atoms with Crippen molar-refractivity contribution in [3.63, 3.8) is 0 Å². The smallest absolute Gasteiger partial charge is 0.318 e. The number of furan rings is 1. The van der Waals surface area contributed by atoms with Gasteiger partial charge in [-0.1, -0.05) is 0 Å². The Labute approximate surface area is 118 Å². The molecular weight excluding hydrogens is 260 g/mol. The number of urea groups is 1. The van der Waals surface area contributed by atoms with E-state index in [0.29, 0.717) is 18.7 Å². The van der Waals surface area contributed by atoms with Gasteiger partial charge in [-0.2, -0.15) is 0 Å². The zero-order valence-corrected chi connectivity index (χ0v) is 12.1. The molecule has 112 valence electrons. The molecule has 0 spiro atoms. The highest BCUT2D eigenvalue weighted by Crippen LogP contribution is 2.13. The van der Waals surface area contributed by atoms with Gasteiger partial charge in [0.25, 0.3) is 0 Å². The molecule has 1 unspecified atom stereocenters. The van der Waals surface area contributed by atoms with Crippen molar-refractivity contribution in [2.24, 2.45) is 0 Å². The highest BCUT2D eigenvalue weighted by atomic mass is 16.4. The third kappa shape index (κ3) is 4.95. The molecule has 20 heavy (non-hydrogen) atoms. The number of nitrogens with zero attached hydrogens (tertiary/aromatic N) is 1. The highest BCUT2D eigenvalue weighted by molar-refractivity contribution is 5.75. The van der Waals surface area contributed by atoms with Gasteiger partial charge in [-0.3, -0.25) is 4.79 Å². The average molecular weight is 282 g/mol. The van der Waals surface area contributed by atoms with E-state index < -0.39 is 5.97 Å². The molecule has 0 fully saturated rings. The largest absolute Gasteiger partial charge is 0.481 e. The van der Waals surface area contributed by atoms with Gasteiger partial charge in [0.1, 0.15) is 5.76 Å². The normalized spacial score (nSPS) is 12.2. The van der Waals surface area contributed by atoms with Crippen LogP contribution in [0.25, 0.3) is 0 Å². The van der Waals surface area contributed by atoms with Crippen molar-refractivity contribution in [1.29, 1.82) is 0 Å². The Bertz CT molecular complexity index is 428. The fourth-order valence-corrected chi connectivity index (χ4v) is 1.87. The fraction of sp³-hybridized carbons (Fsp3) is 0.571. The second kappa shape index (κ2) is 7.57. The van der Waals surface area contributed by atoms with E-state index in [2.05, 4.69) is 5.32 Å². The lowest BCUT2D eigenvalue weighted by Gasteiger charge is -2.28. The van der Waals surface area contributed by atoms with Gasteiger partial charge in [0, 0.05) is 19.0 Å². The zero-order chi connectivity index (χ0) is 15.1. The molecule has 0 radical (unpaired) electrons. The van der Waals surface area contributed by atoms with Crippen molar-refractivity contribution in [3.8, 4) is 0 Å². The van der Waals surface area contributed by atoms with Crippen LogP contribution in [0, 0.1) is 0 Å². The molecule has 2 amide bonds. The lowest BCUT2D eigenvalue weighted by atomic mass is 10.2. The standard InChI is InChI=1S/C14H22N2O4/c1-10(2)16(8-4-7-13(17)18)14(19)15-11(3)12-6-5-9-20-12/h5-6,9-11H,4,7-8H2,1-3H3,(H,15,19)(H,17,18). The van der Waals surface area contributed by atoms with E-state index in [0.717, 1.165) is 0 Å². The number of amides is 2. The first-order chi connectivity index (χ1) is 9.41. The third-order valence-electron chi connectivity index (χ3n) is 2.98. The lowest BCUT2D eigenvalue weighted by molar-refractivity contribution is -0.137. The fourth-order valence-electron chi connectivity index (χ4n) is 1.87. The molecule has 0 aromatic carbocycles. The Balaban J connectivity index is 2.53. The number of carboxylic acid groups (broad SMARTS) is 1. The number of carboxylic acids is 1. The molecule has 0 aliphatic heterocycles. The predicted molar refractivity (Wildman–Crippen MR) is 74.4 cm³/mol. The minimum Gasteiger partial charge on any atom is -0.481 e. The number of carbonyl (C=O) groups excluding carboxylic acids is 1. The van der Waals surface area contributed by atoms with Crippen molar-refractivity contribution in [2.75, 3.05) is 6.54 Å². The van der Waals surface area contributed by atoms with Crippen LogP contribution in [0.4, 0.5) is 4.79 Å². The number of nitrogens with one attached hydrogen (secondary N) is 1. The maximum absolute atomic E-state index is 12.2. The van der Waals surface area contributed by atoms with Crippen molar-refractivity contribution in [2.45, 2.75) is 45.7 Å². The number of hydrogen-bond donors (Lipinski definition) is 2. The van der Waals surface area contributed by atoms with E-state index in [9.17, 15) is 9.59 Å². The van der Waals surface area contributed by atoms with Crippen LogP contribution in [0.2, 0.25) is 0 Å². The minimum atomic E-state index is -0.849. The van der Waals surface area contributed by atoms with E-state index in [1.165, 1.54) is 0 Å². The van der Waals surface area contributed by atoms with Crippen molar-refractivity contribution < 1.29 is 19.1 Å². The third-order valence-corrected chi connectivity index (χ3v) is 2.98. The van der Waals surface area contributed by atoms with Crippen LogP contribution >= 0.6 is 0 Å². The van der Waals surface area contributed by atoms with Crippen LogP contribution < -0.4 is 5.32 Å². The molecule has 0 saturated heterocycles. The van der Waals surface area contributed by atoms with Crippen molar-refractivity contribution in [1.82, 2.24) is 10.2 Å². The zero-order valence-electron chi connectivity index (χ0n) is 12.1. The van der Waals surface area contributed by atoms with Gasteiger partial charge in [0.05, 0.1) is 12.3 Å². The van der Waals surface area contributed by atoms with Crippen LogP contribution in [0.5, 0.6) is 0 Å². The monoisotopic (exact) mass is 282 g/mol. The maximum Gasteiger partial charge on any atom is 0.318 e. The number of aliphatic carboxylic acids is 1. The molecule has 0 aliphatic carbocycles. The summed E-state index contributed by atoms with van der Waals surface area (Å²) in [6, 6.07) is 3.14. The van der Waals surface area contributed by atoms with Gasteiger partial charge in [0.2, 0.25) is 0 Å². The molecule has 1 heterocycles. The van der Waals surface area contributed by atoms with Crippen LogP contribution in [0.15, 0.2) is 22.8 Å². The van der Waals surface area contributed by atoms with E-state index >= 15 is 0 Å². The number of carbonyl (C=O) groups is 2. The van der Waals surface area contributed by atoms with Crippen molar-refractivity contribution in [3.05, 3.63) is 24.2 Å². The summed E-state index contributed by atoms with van der Waals surface area (Å²) in [6.45, 7) is 6.06. The Morgan fingerprint density at radius 1 is 1.40 bits per heavy atom. The molecule has 6 heteroatoms. The summed E-state index contributed by atoms with van der Waals surface area (Å²) in [5, 5.41) is 11.5. The molecule has 0 bridgehead atoms. The molecule has 1 rings (SSSR count). The second-order valence-electron chi connectivity index (χ2n) is 4.97. The Morgan fingerprint density at radius 2 is 2.10 bits per heavy atom. The number of hydrogen-bond acceptors (Lipinski definition) is 3. The van der Waals surface area contributed by atoms with E-state index in [-0.39, 0.29) is 24.5 Å². The molecular formula is C14H22N2O4. The van der Waals surface area contributed by atoms with Crippen LogP contribution in [0.1, 0.15) is 45.4 Å². The summed E-state index contributed by atoms with van der Waals surface area (Å²) in [5.74, 6) is -0.161. The van der Waals surface area contributed by atoms with Gasteiger partial charge in [-0.05, 0) is 39.3 Å². The first kappa shape index (κ1) is 16.1. The topological polar surface area (TPSA) is 82.8 Å². The van der Waals surface area contributed by atoms with Gasteiger partial charge >= 0.3 is 12.0 Å². The molecule has 2 N–H and O–H groups in total. The molecule has 1 atom stereocenters. The summed E-state index contributed by atoms with van der Waals surface area (Å²) in [6.07, 6.45) is 2.06. The van der Waals surface area contributed by atoms with Gasteiger partial charge in [-0.15, -0.1) is 0 Å². The average Bonchev–Trinajstić information content (AvgIpc) is 2.87. The van der Waals surface area contributed by atoms with Gasteiger partial charge in [0.15, 0.2) is 0 Å². The summed E-state index contributed by atoms with van der Waals surface area (Å²) in [4.78, 5) is 24.3. The summed E-state index contributed by atoms with van der Waals surface area (Å²) < 4.78 is 5.24. The molecule has 1 aromatic heterocycles. The van der Waals surface area contributed by atoms with Crippen LogP contribution in [-0.2, 0) is 4.79 Å². The Kier molecular flexibility index (Phi) is 6.09. The first-order valence-corrected chi connectivity index (χ1v) is 6.74. The molecule has 0 saturated carbocycles. The van der Waals surface area contributed by atoms with Crippen LogP contribution in [0.3, 0.4) is 0 Å². The minimum absolute atomic E-state index is 0.00703. The predicted octanol–water partition coefficient (Wildman–Crippen LogP) is 2.63. The Morgan fingerprint density at radius 3 is 2.60 bits per heavy atom. The quantitative estimate of drug-likeness (QED) is 0.805. The second-order valence-corrected chi connectivity index (χ2v) is 4.97. The molecule has 6 nitrogen and oxygen atoms in total. The summed E-state index contributed by atoms with van der Waals surface area (Å²) in [7, 11) is 0. The SMILES string of the molecule is CC(NC(=O)N(CCCC(=O)O)C(C)C)c1ccco1. The van der Waals surface area contributed by atoms with Gasteiger partial charge < -0.3 is 19.7 Å². The van der Waals surface area contributed by atoms with E-state index in [1.54, 1.807) is 23.3 Å². The molecule has 0 aliphatic rings. The molecule has 1 aromatic rings. The maximum atomic E-state index is 12.2. The lowest BCUT2D eigenvalue weighted by Crippen LogP contribution is -2.45. The number of rotatable bonds is 7. The van der Waals surface area contributed by atoms with E-state index in [1.807, 2.05) is 20.8 Å². The van der Waals surface area contributed by atoms with Gasteiger partial charge in [-0.25, -0.2) is 4.79 Å².